The highest BCUT2D eigenvalue weighted by Crippen LogP contribution is 2.17. The van der Waals surface area contributed by atoms with Crippen molar-refractivity contribution in [2.75, 3.05) is 7.11 Å². The summed E-state index contributed by atoms with van der Waals surface area (Å²) >= 11 is 1.14. The van der Waals surface area contributed by atoms with E-state index in [9.17, 15) is 9.18 Å². The first kappa shape index (κ1) is 11.2. The number of esters is 1. The minimum Gasteiger partial charge on any atom is -0.466 e. The molecule has 7 heteroatoms. The minimum absolute atomic E-state index is 0.188. The van der Waals surface area contributed by atoms with Crippen LogP contribution in [0.4, 0.5) is 4.39 Å². The second kappa shape index (κ2) is 5.14. The molecule has 0 aliphatic heterocycles. The summed E-state index contributed by atoms with van der Waals surface area (Å²) in [6, 6.07) is 0. The molecule has 1 heterocycles. The van der Waals surface area contributed by atoms with Crippen LogP contribution < -0.4 is 0 Å². The van der Waals surface area contributed by atoms with Crippen molar-refractivity contribution in [3.05, 3.63) is 38.3 Å². The quantitative estimate of drug-likeness (QED) is 0.262. The molecule has 0 N–H and O–H groups in total. The second-order valence-electron chi connectivity index (χ2n) is 2.39. The van der Waals surface area contributed by atoms with Crippen LogP contribution in [0.5, 0.6) is 0 Å². The summed E-state index contributed by atoms with van der Waals surface area (Å²) in [5.41, 5.74) is 8.11. The van der Waals surface area contributed by atoms with Crippen LogP contribution in [0.3, 0.4) is 0 Å². The molecule has 0 saturated heterocycles. The number of hydrogen-bond acceptors (Lipinski definition) is 4. The standard InChI is InChI=1S/C8H6FN3O2S/c1-14-8(13)7(11-12-10)2-5-3-15-4-6(5)9/h2-4H,1H3. The van der Waals surface area contributed by atoms with Crippen molar-refractivity contribution in [1.82, 2.24) is 0 Å². The average Bonchev–Trinajstić information content (AvgIpc) is 2.63. The van der Waals surface area contributed by atoms with Crippen molar-refractivity contribution in [3.8, 4) is 0 Å². The number of hydrogen-bond donors (Lipinski definition) is 0. The monoisotopic (exact) mass is 227 g/mol. The van der Waals surface area contributed by atoms with Crippen molar-refractivity contribution in [2.24, 2.45) is 5.11 Å². The summed E-state index contributed by atoms with van der Waals surface area (Å²) in [6.45, 7) is 0. The highest BCUT2D eigenvalue weighted by atomic mass is 32.1. The van der Waals surface area contributed by atoms with E-state index in [0.29, 0.717) is 0 Å². The summed E-state index contributed by atoms with van der Waals surface area (Å²) in [7, 11) is 1.15. The maximum Gasteiger partial charge on any atom is 0.340 e. The SMILES string of the molecule is COC(=O)C(=Cc1cscc1F)N=[N+]=[N-]. The molecule has 0 fully saturated rings. The molecule has 5 nitrogen and oxygen atoms in total. The van der Waals surface area contributed by atoms with Gasteiger partial charge in [0.15, 0.2) is 0 Å². The number of nitrogens with zero attached hydrogens (tertiary/aromatic N) is 3. The molecule has 1 aromatic rings. The summed E-state index contributed by atoms with van der Waals surface area (Å²) in [6.07, 6.45) is 1.14. The van der Waals surface area contributed by atoms with Crippen LogP contribution >= 0.6 is 11.3 Å². The molecule has 0 aromatic carbocycles. The lowest BCUT2D eigenvalue weighted by molar-refractivity contribution is -0.136. The molecule has 0 aliphatic carbocycles. The van der Waals surface area contributed by atoms with Gasteiger partial charge in [-0.15, -0.1) is 11.3 Å². The lowest BCUT2D eigenvalue weighted by Gasteiger charge is -1.96. The molecule has 0 atom stereocenters. The number of azide groups is 1. The smallest absolute Gasteiger partial charge is 0.340 e. The van der Waals surface area contributed by atoms with Crippen molar-refractivity contribution in [1.29, 1.82) is 0 Å². The van der Waals surface area contributed by atoms with Crippen molar-refractivity contribution >= 4 is 23.4 Å². The van der Waals surface area contributed by atoms with Gasteiger partial charge in [0.25, 0.3) is 0 Å². The van der Waals surface area contributed by atoms with E-state index in [2.05, 4.69) is 14.8 Å². The van der Waals surface area contributed by atoms with Gasteiger partial charge in [-0.3, -0.25) is 0 Å². The molecule has 1 rings (SSSR count). The van der Waals surface area contributed by atoms with Crippen LogP contribution in [0.25, 0.3) is 16.5 Å². The Balaban J connectivity index is 3.09. The zero-order chi connectivity index (χ0) is 11.3. The van der Waals surface area contributed by atoms with Gasteiger partial charge in [0.2, 0.25) is 0 Å². The number of rotatable bonds is 3. The number of ether oxygens (including phenoxy) is 1. The third-order valence-corrected chi connectivity index (χ3v) is 2.21. The van der Waals surface area contributed by atoms with Crippen molar-refractivity contribution in [3.63, 3.8) is 0 Å². The Labute approximate surface area is 88.4 Å². The first-order chi connectivity index (χ1) is 7.19. The van der Waals surface area contributed by atoms with Crippen molar-refractivity contribution < 1.29 is 13.9 Å². The highest BCUT2D eigenvalue weighted by molar-refractivity contribution is 7.08. The number of carbonyl (C=O) groups excluding carboxylic acids is 1. The fourth-order valence-electron chi connectivity index (χ4n) is 0.823. The Morgan fingerprint density at radius 3 is 2.93 bits per heavy atom. The first-order valence-corrected chi connectivity index (χ1v) is 4.70. The van der Waals surface area contributed by atoms with E-state index < -0.39 is 11.8 Å². The van der Waals surface area contributed by atoms with Gasteiger partial charge in [0.1, 0.15) is 11.5 Å². The molecule has 0 unspecified atom stereocenters. The molecular formula is C8H6FN3O2S. The van der Waals surface area contributed by atoms with Gasteiger partial charge in [-0.25, -0.2) is 9.18 Å². The maximum absolute atomic E-state index is 13.0. The van der Waals surface area contributed by atoms with E-state index in [4.69, 9.17) is 5.53 Å². The topological polar surface area (TPSA) is 75.1 Å². The Hall–Kier alpha value is -1.85. The Morgan fingerprint density at radius 2 is 2.47 bits per heavy atom. The Morgan fingerprint density at radius 1 is 1.73 bits per heavy atom. The van der Waals surface area contributed by atoms with Crippen molar-refractivity contribution in [2.45, 2.75) is 0 Å². The van der Waals surface area contributed by atoms with Gasteiger partial charge in [-0.1, -0.05) is 5.11 Å². The molecule has 0 spiro atoms. The van der Waals surface area contributed by atoms with Crippen LogP contribution in [0.1, 0.15) is 5.56 Å². The van der Waals surface area contributed by atoms with Crippen LogP contribution in [-0.4, -0.2) is 13.1 Å². The van der Waals surface area contributed by atoms with E-state index in [1.807, 2.05) is 0 Å². The third-order valence-electron chi connectivity index (χ3n) is 1.48. The summed E-state index contributed by atoms with van der Waals surface area (Å²) < 4.78 is 17.4. The maximum atomic E-state index is 13.0. The number of halogens is 1. The molecule has 78 valence electrons. The van der Waals surface area contributed by atoms with E-state index in [1.165, 1.54) is 10.8 Å². The normalized spacial score (nSPS) is 10.7. The Bertz CT molecular complexity index is 448. The summed E-state index contributed by atoms with van der Waals surface area (Å²) in [5, 5.41) is 5.88. The molecule has 0 amide bonds. The van der Waals surface area contributed by atoms with Crippen LogP contribution in [0.2, 0.25) is 0 Å². The minimum atomic E-state index is -0.807. The summed E-state index contributed by atoms with van der Waals surface area (Å²) in [4.78, 5) is 13.5. The van der Waals surface area contributed by atoms with Crippen LogP contribution in [-0.2, 0) is 9.53 Å². The zero-order valence-electron chi connectivity index (χ0n) is 7.68. The van der Waals surface area contributed by atoms with Crippen LogP contribution in [0.15, 0.2) is 21.6 Å². The molecule has 0 radical (unpaired) electrons. The molecular weight excluding hydrogens is 221 g/mol. The lowest BCUT2D eigenvalue weighted by atomic mass is 10.2. The first-order valence-electron chi connectivity index (χ1n) is 3.76. The second-order valence-corrected chi connectivity index (χ2v) is 3.13. The molecule has 0 saturated carbocycles. The molecule has 15 heavy (non-hydrogen) atoms. The van der Waals surface area contributed by atoms with Gasteiger partial charge in [0, 0.05) is 21.2 Å². The fraction of sp³-hybridized carbons (Fsp3) is 0.125. The third kappa shape index (κ3) is 2.80. The number of carbonyl (C=O) groups is 1. The van der Waals surface area contributed by atoms with Crippen LogP contribution in [0, 0.1) is 5.82 Å². The van der Waals surface area contributed by atoms with E-state index in [-0.39, 0.29) is 11.3 Å². The van der Waals surface area contributed by atoms with Gasteiger partial charge in [-0.05, 0) is 11.6 Å². The van der Waals surface area contributed by atoms with Gasteiger partial charge >= 0.3 is 5.97 Å². The largest absolute Gasteiger partial charge is 0.466 e. The van der Waals surface area contributed by atoms with E-state index in [1.54, 1.807) is 0 Å². The molecule has 1 aromatic heterocycles. The van der Waals surface area contributed by atoms with Gasteiger partial charge < -0.3 is 4.74 Å². The highest BCUT2D eigenvalue weighted by Gasteiger charge is 2.09. The number of methoxy groups -OCH3 is 1. The predicted octanol–water partition coefficient (Wildman–Crippen LogP) is 2.71. The van der Waals surface area contributed by atoms with E-state index in [0.717, 1.165) is 24.5 Å². The Kier molecular flexibility index (Phi) is 3.84. The van der Waals surface area contributed by atoms with Gasteiger partial charge in [-0.2, -0.15) is 0 Å². The van der Waals surface area contributed by atoms with E-state index >= 15 is 0 Å². The molecule has 0 bridgehead atoms. The summed E-state index contributed by atoms with van der Waals surface area (Å²) in [5.74, 6) is -1.28. The number of thiophene rings is 1. The predicted molar refractivity (Wildman–Crippen MR) is 53.4 cm³/mol. The van der Waals surface area contributed by atoms with Gasteiger partial charge in [0.05, 0.1) is 7.11 Å². The molecule has 0 aliphatic rings. The lowest BCUT2D eigenvalue weighted by Crippen LogP contribution is -2.01. The fourth-order valence-corrected chi connectivity index (χ4v) is 1.47. The average molecular weight is 227 g/mol. The zero-order valence-corrected chi connectivity index (χ0v) is 8.49.